The maximum Gasteiger partial charge on any atom is 0.265 e. The number of rotatable bonds is 1. The molecule has 0 bridgehead atoms. The molecule has 3 heteroatoms. The molecule has 0 amide bonds. The highest BCUT2D eigenvalue weighted by Gasteiger charge is 2.11. The fourth-order valence-corrected chi connectivity index (χ4v) is 2.91. The van der Waals surface area contributed by atoms with Crippen molar-refractivity contribution in [1.82, 2.24) is 9.55 Å². The minimum absolute atomic E-state index is 0.0283. The van der Waals surface area contributed by atoms with Gasteiger partial charge in [0.05, 0.1) is 16.6 Å². The number of hydrogen-bond acceptors (Lipinski definition) is 2. The predicted octanol–water partition coefficient (Wildman–Crippen LogP) is 3.85. The van der Waals surface area contributed by atoms with Crippen LogP contribution in [-0.2, 0) is 0 Å². The van der Waals surface area contributed by atoms with Gasteiger partial charge in [-0.05, 0) is 30.5 Å². The van der Waals surface area contributed by atoms with Gasteiger partial charge in [-0.25, -0.2) is 4.98 Å². The standard InChI is InChI=1S/C19H14N2O/c1-13-20-18-16-10-6-5-7-14(16)11-12-17(18)19(22)21(13)15-8-3-2-4-9-15/h2-12H,1H3. The highest BCUT2D eigenvalue weighted by Crippen LogP contribution is 2.22. The first-order valence-electron chi connectivity index (χ1n) is 7.22. The topological polar surface area (TPSA) is 34.9 Å². The van der Waals surface area contributed by atoms with E-state index in [9.17, 15) is 4.79 Å². The molecule has 0 fully saturated rings. The molecule has 1 heterocycles. The van der Waals surface area contributed by atoms with Gasteiger partial charge in [-0.2, -0.15) is 0 Å². The molecule has 106 valence electrons. The van der Waals surface area contributed by atoms with Crippen LogP contribution < -0.4 is 5.56 Å². The average Bonchev–Trinajstić information content (AvgIpc) is 2.56. The van der Waals surface area contributed by atoms with Gasteiger partial charge >= 0.3 is 0 Å². The molecule has 1 aromatic heterocycles. The van der Waals surface area contributed by atoms with Crippen molar-refractivity contribution in [2.24, 2.45) is 0 Å². The summed E-state index contributed by atoms with van der Waals surface area (Å²) in [6.45, 7) is 1.87. The van der Waals surface area contributed by atoms with E-state index in [1.54, 1.807) is 4.57 Å². The Bertz CT molecular complexity index is 1050. The summed E-state index contributed by atoms with van der Waals surface area (Å²) in [5, 5.41) is 2.76. The lowest BCUT2D eigenvalue weighted by Gasteiger charge is -2.11. The van der Waals surface area contributed by atoms with Gasteiger partial charge in [0, 0.05) is 5.39 Å². The van der Waals surface area contributed by atoms with Gasteiger partial charge in [-0.3, -0.25) is 9.36 Å². The van der Waals surface area contributed by atoms with E-state index < -0.39 is 0 Å². The van der Waals surface area contributed by atoms with E-state index >= 15 is 0 Å². The Hall–Kier alpha value is -2.94. The third-order valence-electron chi connectivity index (χ3n) is 3.95. The van der Waals surface area contributed by atoms with Crippen LogP contribution in [0.5, 0.6) is 0 Å². The molecule has 3 nitrogen and oxygen atoms in total. The van der Waals surface area contributed by atoms with Crippen molar-refractivity contribution >= 4 is 21.7 Å². The van der Waals surface area contributed by atoms with Crippen molar-refractivity contribution in [3.63, 3.8) is 0 Å². The summed E-state index contributed by atoms with van der Waals surface area (Å²) < 4.78 is 1.66. The maximum absolute atomic E-state index is 12.9. The van der Waals surface area contributed by atoms with E-state index in [0.717, 1.165) is 22.0 Å². The summed E-state index contributed by atoms with van der Waals surface area (Å²) in [4.78, 5) is 17.6. The summed E-state index contributed by atoms with van der Waals surface area (Å²) >= 11 is 0. The number of fused-ring (bicyclic) bond motifs is 3. The summed E-state index contributed by atoms with van der Waals surface area (Å²) in [6, 6.07) is 21.5. The van der Waals surface area contributed by atoms with E-state index in [0.29, 0.717) is 11.2 Å². The molecule has 0 spiro atoms. The van der Waals surface area contributed by atoms with E-state index in [2.05, 4.69) is 0 Å². The summed E-state index contributed by atoms with van der Waals surface area (Å²) in [5.41, 5.74) is 1.58. The van der Waals surface area contributed by atoms with Gasteiger partial charge in [0.15, 0.2) is 0 Å². The molecule has 0 aliphatic rings. The van der Waals surface area contributed by atoms with Crippen LogP contribution in [0.1, 0.15) is 5.82 Å². The summed E-state index contributed by atoms with van der Waals surface area (Å²) in [5.74, 6) is 0.694. The van der Waals surface area contributed by atoms with Gasteiger partial charge in [-0.1, -0.05) is 48.5 Å². The monoisotopic (exact) mass is 286 g/mol. The van der Waals surface area contributed by atoms with Crippen LogP contribution in [0.3, 0.4) is 0 Å². The van der Waals surface area contributed by atoms with Crippen LogP contribution in [0.2, 0.25) is 0 Å². The molecule has 4 aromatic rings. The Balaban J connectivity index is 2.15. The van der Waals surface area contributed by atoms with Crippen LogP contribution in [0, 0.1) is 6.92 Å². The molecule has 0 atom stereocenters. The first-order chi connectivity index (χ1) is 10.8. The zero-order valence-electron chi connectivity index (χ0n) is 12.2. The number of para-hydroxylation sites is 1. The molecule has 0 N–H and O–H groups in total. The van der Waals surface area contributed by atoms with E-state index in [1.165, 1.54) is 0 Å². The molecule has 0 unspecified atom stereocenters. The Morgan fingerprint density at radius 2 is 1.55 bits per heavy atom. The summed E-state index contributed by atoms with van der Waals surface area (Å²) in [7, 11) is 0. The molecule has 0 radical (unpaired) electrons. The van der Waals surface area contributed by atoms with Crippen molar-refractivity contribution in [3.8, 4) is 5.69 Å². The second kappa shape index (κ2) is 4.81. The molecule has 0 aliphatic heterocycles. The SMILES string of the molecule is Cc1nc2c(ccc3ccccc32)c(=O)n1-c1ccccc1. The second-order valence-corrected chi connectivity index (χ2v) is 5.32. The summed E-state index contributed by atoms with van der Waals surface area (Å²) in [6.07, 6.45) is 0. The first kappa shape index (κ1) is 12.8. The lowest BCUT2D eigenvalue weighted by Crippen LogP contribution is -2.22. The molecule has 3 aromatic carbocycles. The van der Waals surface area contributed by atoms with E-state index in [1.807, 2.05) is 73.7 Å². The van der Waals surface area contributed by atoms with Crippen LogP contribution in [0.4, 0.5) is 0 Å². The molecular weight excluding hydrogens is 272 g/mol. The van der Waals surface area contributed by atoms with Crippen molar-refractivity contribution in [1.29, 1.82) is 0 Å². The number of nitrogens with zero attached hydrogens (tertiary/aromatic N) is 2. The minimum Gasteiger partial charge on any atom is -0.268 e. The van der Waals surface area contributed by atoms with Crippen LogP contribution in [0.15, 0.2) is 71.5 Å². The molecule has 0 saturated heterocycles. The van der Waals surface area contributed by atoms with Crippen LogP contribution in [-0.4, -0.2) is 9.55 Å². The molecule has 0 aliphatic carbocycles. The largest absolute Gasteiger partial charge is 0.268 e. The molecular formula is C19H14N2O. The Morgan fingerprint density at radius 1 is 0.818 bits per heavy atom. The minimum atomic E-state index is -0.0283. The van der Waals surface area contributed by atoms with Crippen LogP contribution in [0.25, 0.3) is 27.4 Å². The van der Waals surface area contributed by atoms with Crippen molar-refractivity contribution < 1.29 is 0 Å². The smallest absolute Gasteiger partial charge is 0.265 e. The number of benzene rings is 3. The highest BCUT2D eigenvalue weighted by atomic mass is 16.1. The zero-order chi connectivity index (χ0) is 15.1. The van der Waals surface area contributed by atoms with Gasteiger partial charge in [0.2, 0.25) is 0 Å². The van der Waals surface area contributed by atoms with E-state index in [4.69, 9.17) is 4.98 Å². The lowest BCUT2D eigenvalue weighted by molar-refractivity contribution is 0.896. The molecule has 4 rings (SSSR count). The van der Waals surface area contributed by atoms with E-state index in [-0.39, 0.29) is 5.56 Å². The number of aromatic nitrogens is 2. The van der Waals surface area contributed by atoms with Crippen LogP contribution >= 0.6 is 0 Å². The first-order valence-corrected chi connectivity index (χ1v) is 7.22. The fourth-order valence-electron chi connectivity index (χ4n) is 2.91. The Labute approximate surface area is 127 Å². The fraction of sp³-hybridized carbons (Fsp3) is 0.0526. The van der Waals surface area contributed by atoms with Crippen molar-refractivity contribution in [2.45, 2.75) is 6.92 Å². The van der Waals surface area contributed by atoms with Gasteiger partial charge in [0.25, 0.3) is 5.56 Å². The third kappa shape index (κ3) is 1.83. The maximum atomic E-state index is 12.9. The molecule has 22 heavy (non-hydrogen) atoms. The van der Waals surface area contributed by atoms with Gasteiger partial charge in [0.1, 0.15) is 5.82 Å². The number of hydrogen-bond donors (Lipinski definition) is 0. The number of aryl methyl sites for hydroxylation is 1. The second-order valence-electron chi connectivity index (χ2n) is 5.32. The normalized spacial score (nSPS) is 11.1. The van der Waals surface area contributed by atoms with Crippen molar-refractivity contribution in [2.75, 3.05) is 0 Å². The zero-order valence-corrected chi connectivity index (χ0v) is 12.2. The Morgan fingerprint density at radius 3 is 2.36 bits per heavy atom. The van der Waals surface area contributed by atoms with Gasteiger partial charge < -0.3 is 0 Å². The molecule has 0 saturated carbocycles. The quantitative estimate of drug-likeness (QED) is 0.498. The lowest BCUT2D eigenvalue weighted by atomic mass is 10.1. The van der Waals surface area contributed by atoms with Gasteiger partial charge in [-0.15, -0.1) is 0 Å². The Kier molecular flexibility index (Phi) is 2.79. The highest BCUT2D eigenvalue weighted by molar-refractivity contribution is 6.04. The average molecular weight is 286 g/mol. The third-order valence-corrected chi connectivity index (χ3v) is 3.95. The predicted molar refractivity (Wildman–Crippen MR) is 89.6 cm³/mol. The van der Waals surface area contributed by atoms with Crippen molar-refractivity contribution in [3.05, 3.63) is 82.9 Å².